The van der Waals surface area contributed by atoms with Gasteiger partial charge in [0.05, 0.1) is 0 Å². The average molecular weight is 261 g/mol. The second-order valence-corrected chi connectivity index (χ2v) is 4.88. The van der Waals surface area contributed by atoms with Gasteiger partial charge in [-0.3, -0.25) is 0 Å². The fourth-order valence-corrected chi connectivity index (χ4v) is 2.49. The van der Waals surface area contributed by atoms with Gasteiger partial charge in [-0.25, -0.2) is 4.98 Å². The van der Waals surface area contributed by atoms with Gasteiger partial charge < -0.3 is 15.7 Å². The molecule has 1 atom stereocenters. The van der Waals surface area contributed by atoms with Gasteiger partial charge in [0.1, 0.15) is 17.5 Å². The van der Waals surface area contributed by atoms with Crippen molar-refractivity contribution in [2.24, 2.45) is 0 Å². The van der Waals surface area contributed by atoms with E-state index in [1.165, 1.54) is 0 Å². The molecule has 7 heteroatoms. The smallest absolute Gasteiger partial charge is 0.225 e. The summed E-state index contributed by atoms with van der Waals surface area (Å²) in [5.74, 6) is 0.551. The molecular formula is C9H10Cl2N4O. The molecule has 0 spiro atoms. The Morgan fingerprint density at radius 2 is 2.00 bits per heavy atom. The summed E-state index contributed by atoms with van der Waals surface area (Å²) in [6.07, 6.45) is 2.31. The molecule has 1 saturated carbocycles. The minimum Gasteiger partial charge on any atom is -0.386 e. The standard InChI is InChI=1S/C9H10Cl2N4O/c10-5-4-6(15-8(11)13-5)14-7(12-4)9(16)2-1-3-9/h7,12,16H,1-3H2,(H,13,14,15). The Kier molecular flexibility index (Phi) is 2.18. The fraction of sp³-hybridized carbons (Fsp3) is 0.556. The lowest BCUT2D eigenvalue weighted by atomic mass is 9.78. The minimum atomic E-state index is -0.726. The summed E-state index contributed by atoms with van der Waals surface area (Å²) in [4.78, 5) is 7.86. The number of aromatic nitrogens is 2. The molecule has 1 aromatic rings. The van der Waals surface area contributed by atoms with E-state index in [2.05, 4.69) is 20.6 Å². The molecule has 16 heavy (non-hydrogen) atoms. The molecule has 5 nitrogen and oxygen atoms in total. The van der Waals surface area contributed by atoms with Crippen molar-refractivity contribution in [2.75, 3.05) is 10.6 Å². The van der Waals surface area contributed by atoms with Gasteiger partial charge in [-0.2, -0.15) is 4.98 Å². The Hall–Kier alpha value is -0.780. The third-order valence-corrected chi connectivity index (χ3v) is 3.61. The monoisotopic (exact) mass is 260 g/mol. The summed E-state index contributed by atoms with van der Waals surface area (Å²) in [7, 11) is 0. The van der Waals surface area contributed by atoms with Crippen molar-refractivity contribution >= 4 is 34.7 Å². The SMILES string of the molecule is OC1(C2Nc3nc(Cl)nc(Cl)c3N2)CCC1. The number of fused-ring (bicyclic) bond motifs is 1. The van der Waals surface area contributed by atoms with Crippen LogP contribution < -0.4 is 10.6 Å². The van der Waals surface area contributed by atoms with Crippen LogP contribution in [0.3, 0.4) is 0 Å². The minimum absolute atomic E-state index is 0.0966. The molecule has 1 aliphatic heterocycles. The Balaban J connectivity index is 1.91. The largest absolute Gasteiger partial charge is 0.386 e. The van der Waals surface area contributed by atoms with Crippen molar-refractivity contribution in [3.63, 3.8) is 0 Å². The first kappa shape index (κ1) is 10.4. The van der Waals surface area contributed by atoms with Crippen molar-refractivity contribution in [3.8, 4) is 0 Å². The highest BCUT2D eigenvalue weighted by Crippen LogP contribution is 2.42. The third-order valence-electron chi connectivity index (χ3n) is 3.16. The van der Waals surface area contributed by atoms with Gasteiger partial charge in [0.25, 0.3) is 0 Å². The van der Waals surface area contributed by atoms with E-state index < -0.39 is 5.60 Å². The molecule has 1 unspecified atom stereocenters. The van der Waals surface area contributed by atoms with Crippen molar-refractivity contribution in [3.05, 3.63) is 10.4 Å². The molecule has 1 fully saturated rings. The van der Waals surface area contributed by atoms with Crippen LogP contribution >= 0.6 is 23.2 Å². The molecule has 0 saturated heterocycles. The van der Waals surface area contributed by atoms with Crippen LogP contribution in [0.5, 0.6) is 0 Å². The Labute approximate surface area is 102 Å². The summed E-state index contributed by atoms with van der Waals surface area (Å²) >= 11 is 11.6. The fourth-order valence-electron chi connectivity index (χ4n) is 2.05. The highest BCUT2D eigenvalue weighted by atomic mass is 35.5. The van der Waals surface area contributed by atoms with Gasteiger partial charge in [-0.05, 0) is 30.9 Å². The van der Waals surface area contributed by atoms with Crippen LogP contribution in [0.15, 0.2) is 0 Å². The van der Waals surface area contributed by atoms with Crippen LogP contribution in [0.2, 0.25) is 10.4 Å². The molecule has 0 amide bonds. The average Bonchev–Trinajstić information content (AvgIpc) is 2.58. The van der Waals surface area contributed by atoms with E-state index in [0.29, 0.717) is 11.5 Å². The van der Waals surface area contributed by atoms with Crippen molar-refractivity contribution in [1.82, 2.24) is 9.97 Å². The van der Waals surface area contributed by atoms with E-state index >= 15 is 0 Å². The number of hydrogen-bond donors (Lipinski definition) is 3. The summed E-state index contributed by atoms with van der Waals surface area (Å²) in [6, 6.07) is 0. The van der Waals surface area contributed by atoms with E-state index in [9.17, 15) is 5.11 Å². The quantitative estimate of drug-likeness (QED) is 0.531. The maximum absolute atomic E-state index is 10.2. The molecule has 3 N–H and O–H groups in total. The van der Waals surface area contributed by atoms with E-state index in [4.69, 9.17) is 23.2 Å². The Bertz CT molecular complexity index is 449. The van der Waals surface area contributed by atoms with E-state index in [1.807, 2.05) is 0 Å². The van der Waals surface area contributed by atoms with Crippen LogP contribution in [-0.4, -0.2) is 26.8 Å². The maximum Gasteiger partial charge on any atom is 0.225 e. The van der Waals surface area contributed by atoms with Gasteiger partial charge in [-0.15, -0.1) is 0 Å². The van der Waals surface area contributed by atoms with Gasteiger partial charge in [0.2, 0.25) is 5.28 Å². The molecule has 86 valence electrons. The summed E-state index contributed by atoms with van der Waals surface area (Å²) in [5, 5.41) is 16.7. The molecule has 2 heterocycles. The van der Waals surface area contributed by atoms with E-state index in [0.717, 1.165) is 19.3 Å². The number of aliphatic hydroxyl groups is 1. The van der Waals surface area contributed by atoms with Gasteiger partial charge in [-0.1, -0.05) is 11.6 Å². The summed E-state index contributed by atoms with van der Waals surface area (Å²) < 4.78 is 0. The van der Waals surface area contributed by atoms with Crippen molar-refractivity contribution < 1.29 is 5.11 Å². The highest BCUT2D eigenvalue weighted by Gasteiger charge is 2.45. The third kappa shape index (κ3) is 1.43. The van der Waals surface area contributed by atoms with E-state index in [1.54, 1.807) is 0 Å². The second kappa shape index (κ2) is 3.35. The molecule has 2 aliphatic rings. The topological polar surface area (TPSA) is 70.1 Å². The van der Waals surface area contributed by atoms with Crippen LogP contribution in [0.4, 0.5) is 11.5 Å². The lowest BCUT2D eigenvalue weighted by Crippen LogP contribution is -2.53. The Morgan fingerprint density at radius 1 is 1.25 bits per heavy atom. The Morgan fingerprint density at radius 3 is 2.62 bits per heavy atom. The zero-order valence-electron chi connectivity index (χ0n) is 8.30. The number of rotatable bonds is 1. The predicted octanol–water partition coefficient (Wildman–Crippen LogP) is 1.86. The van der Waals surface area contributed by atoms with Crippen LogP contribution in [0.1, 0.15) is 19.3 Å². The molecule has 1 aliphatic carbocycles. The molecule has 3 rings (SSSR count). The van der Waals surface area contributed by atoms with Gasteiger partial charge in [0.15, 0.2) is 11.0 Å². The van der Waals surface area contributed by atoms with Gasteiger partial charge >= 0.3 is 0 Å². The number of hydrogen-bond acceptors (Lipinski definition) is 5. The summed E-state index contributed by atoms with van der Waals surface area (Å²) in [6.45, 7) is 0. The first-order valence-electron chi connectivity index (χ1n) is 5.07. The predicted molar refractivity (Wildman–Crippen MR) is 61.9 cm³/mol. The number of nitrogens with zero attached hydrogens (tertiary/aromatic N) is 2. The first-order chi connectivity index (χ1) is 7.58. The van der Waals surface area contributed by atoms with Crippen LogP contribution in [0, 0.1) is 0 Å². The second-order valence-electron chi connectivity index (χ2n) is 4.19. The molecule has 1 aromatic heterocycles. The van der Waals surface area contributed by atoms with Crippen LogP contribution in [0.25, 0.3) is 0 Å². The highest BCUT2D eigenvalue weighted by molar-refractivity contribution is 6.34. The van der Waals surface area contributed by atoms with Gasteiger partial charge in [0, 0.05) is 0 Å². The molecule has 0 radical (unpaired) electrons. The maximum atomic E-state index is 10.2. The molecule has 0 aromatic carbocycles. The zero-order valence-corrected chi connectivity index (χ0v) is 9.81. The number of anilines is 2. The van der Waals surface area contributed by atoms with Crippen molar-refractivity contribution in [1.29, 1.82) is 0 Å². The number of nitrogens with one attached hydrogen (secondary N) is 2. The lowest BCUT2D eigenvalue weighted by Gasteiger charge is -2.41. The number of halogens is 2. The van der Waals surface area contributed by atoms with Crippen molar-refractivity contribution in [2.45, 2.75) is 31.0 Å². The molecular weight excluding hydrogens is 251 g/mol. The zero-order chi connectivity index (χ0) is 11.3. The summed E-state index contributed by atoms with van der Waals surface area (Å²) in [5.41, 5.74) is -0.118. The molecule has 0 bridgehead atoms. The van der Waals surface area contributed by atoms with Crippen LogP contribution in [-0.2, 0) is 0 Å². The van der Waals surface area contributed by atoms with E-state index in [-0.39, 0.29) is 16.6 Å². The lowest BCUT2D eigenvalue weighted by molar-refractivity contribution is -0.0416. The normalized spacial score (nSPS) is 25.3. The first-order valence-corrected chi connectivity index (χ1v) is 5.83.